The number of allylic oxidation sites excluding steroid dienone is 5. The van der Waals surface area contributed by atoms with Crippen LogP contribution in [0.4, 0.5) is 0 Å². The third kappa shape index (κ3) is 4.71. The van der Waals surface area contributed by atoms with Gasteiger partial charge in [0.2, 0.25) is 0 Å². The summed E-state index contributed by atoms with van der Waals surface area (Å²) in [5.74, 6) is 0. The van der Waals surface area contributed by atoms with Crippen LogP contribution in [0.1, 0.15) is 51.0 Å². The molecule has 0 radical (unpaired) electrons. The zero-order valence-electron chi connectivity index (χ0n) is 13.7. The number of aliphatic hydroxyl groups excluding tert-OH is 1. The number of aliphatic hydroxyl groups is 1. The van der Waals surface area contributed by atoms with Crippen LogP contribution in [0.15, 0.2) is 61.2 Å². The highest BCUT2D eigenvalue weighted by Gasteiger charge is 2.26. The highest BCUT2D eigenvalue weighted by atomic mass is 16.3. The Morgan fingerprint density at radius 1 is 1.27 bits per heavy atom. The van der Waals surface area contributed by atoms with Gasteiger partial charge in [0, 0.05) is 0 Å². The van der Waals surface area contributed by atoms with Crippen LogP contribution in [0.5, 0.6) is 0 Å². The molecule has 0 bridgehead atoms. The van der Waals surface area contributed by atoms with Gasteiger partial charge in [-0.25, -0.2) is 0 Å². The molecule has 1 heteroatoms. The number of hydrogen-bond donors (Lipinski definition) is 1. The molecule has 0 amide bonds. The summed E-state index contributed by atoms with van der Waals surface area (Å²) in [5.41, 5.74) is 2.84. The Labute approximate surface area is 135 Å². The Hall–Kier alpha value is -1.60. The fourth-order valence-corrected chi connectivity index (χ4v) is 3.20. The lowest BCUT2D eigenvalue weighted by Gasteiger charge is -2.32. The molecule has 1 aliphatic rings. The molecule has 1 nitrogen and oxygen atoms in total. The first kappa shape index (κ1) is 16.8. The molecule has 1 N–H and O–H groups in total. The van der Waals surface area contributed by atoms with Gasteiger partial charge >= 0.3 is 0 Å². The van der Waals surface area contributed by atoms with Crippen molar-refractivity contribution in [3.8, 4) is 0 Å². The first-order valence-electron chi connectivity index (χ1n) is 8.39. The van der Waals surface area contributed by atoms with E-state index in [9.17, 15) is 5.11 Å². The molecule has 1 aromatic rings. The smallest absolute Gasteiger partial charge is 0.0512 e. The van der Waals surface area contributed by atoms with E-state index in [0.717, 1.165) is 32.1 Å². The summed E-state index contributed by atoms with van der Waals surface area (Å²) >= 11 is 0. The second kappa shape index (κ2) is 8.14. The molecular formula is C21H28O. The minimum Gasteiger partial charge on any atom is -0.393 e. The van der Waals surface area contributed by atoms with Gasteiger partial charge in [-0.1, -0.05) is 67.5 Å². The maximum absolute atomic E-state index is 9.38. The maximum Gasteiger partial charge on any atom is 0.0512 e. The van der Waals surface area contributed by atoms with E-state index in [1.165, 1.54) is 17.6 Å². The van der Waals surface area contributed by atoms with Crippen LogP contribution in [0, 0.1) is 5.41 Å². The third-order valence-corrected chi connectivity index (χ3v) is 4.55. The van der Waals surface area contributed by atoms with Crippen molar-refractivity contribution < 1.29 is 5.11 Å². The van der Waals surface area contributed by atoms with Crippen LogP contribution in [0.25, 0.3) is 5.57 Å². The van der Waals surface area contributed by atoms with Gasteiger partial charge in [-0.2, -0.15) is 0 Å². The van der Waals surface area contributed by atoms with Crippen LogP contribution >= 0.6 is 0 Å². The van der Waals surface area contributed by atoms with E-state index in [0.29, 0.717) is 0 Å². The molecule has 0 saturated carbocycles. The van der Waals surface area contributed by atoms with E-state index in [1.54, 1.807) is 0 Å². The second-order valence-electron chi connectivity index (χ2n) is 6.51. The van der Waals surface area contributed by atoms with Crippen LogP contribution in [0.2, 0.25) is 0 Å². The lowest BCUT2D eigenvalue weighted by Crippen LogP contribution is -2.19. The van der Waals surface area contributed by atoms with E-state index in [2.05, 4.69) is 55.1 Å². The molecule has 0 saturated heterocycles. The number of rotatable bonds is 8. The summed E-state index contributed by atoms with van der Waals surface area (Å²) in [6.45, 7) is 5.81. The van der Waals surface area contributed by atoms with Gasteiger partial charge in [-0.15, -0.1) is 6.58 Å². The topological polar surface area (TPSA) is 20.2 Å². The lowest BCUT2D eigenvalue weighted by molar-refractivity contribution is 0.178. The summed E-state index contributed by atoms with van der Waals surface area (Å²) in [4.78, 5) is 0. The summed E-state index contributed by atoms with van der Waals surface area (Å²) in [7, 11) is 0. The monoisotopic (exact) mass is 296 g/mol. The van der Waals surface area contributed by atoms with Gasteiger partial charge in [0.1, 0.15) is 0 Å². The van der Waals surface area contributed by atoms with Crippen LogP contribution in [-0.4, -0.2) is 11.2 Å². The Bertz CT molecular complexity index is 524. The standard InChI is InChI=1S/C21H28O/c1-3-14-21(15-8-7-9-18(2)22)16-12-20(13-17-21)19-10-5-4-6-11-19/h3-6,10-13,16,18,22H,1,7-9,14-15,17H2,2H3. The highest BCUT2D eigenvalue weighted by Crippen LogP contribution is 2.40. The fraction of sp³-hybridized carbons (Fsp3) is 0.429. The predicted octanol–water partition coefficient (Wildman–Crippen LogP) is 5.53. The lowest BCUT2D eigenvalue weighted by atomic mass is 9.73. The summed E-state index contributed by atoms with van der Waals surface area (Å²) in [6.07, 6.45) is 15.3. The van der Waals surface area contributed by atoms with Crippen LogP contribution in [-0.2, 0) is 0 Å². The van der Waals surface area contributed by atoms with Crippen LogP contribution in [0.3, 0.4) is 0 Å². The summed E-state index contributed by atoms with van der Waals surface area (Å²) in [6, 6.07) is 10.6. The maximum atomic E-state index is 9.38. The number of unbranched alkanes of at least 4 members (excludes halogenated alkanes) is 1. The van der Waals surface area contributed by atoms with Crippen molar-refractivity contribution in [2.75, 3.05) is 0 Å². The largest absolute Gasteiger partial charge is 0.393 e. The van der Waals surface area contributed by atoms with Gasteiger partial charge in [0.25, 0.3) is 0 Å². The quantitative estimate of drug-likeness (QED) is 0.493. The average Bonchev–Trinajstić information content (AvgIpc) is 2.53. The molecule has 118 valence electrons. The SMILES string of the molecule is C=CCC1(CCCCC(C)O)C=CC(c2ccccc2)=CC1. The normalized spacial score (nSPS) is 22.2. The average molecular weight is 296 g/mol. The fourth-order valence-electron chi connectivity index (χ4n) is 3.20. The zero-order valence-corrected chi connectivity index (χ0v) is 13.7. The third-order valence-electron chi connectivity index (χ3n) is 4.55. The van der Waals surface area contributed by atoms with Crippen molar-refractivity contribution in [2.24, 2.45) is 5.41 Å². The van der Waals surface area contributed by atoms with Crippen molar-refractivity contribution >= 4 is 5.57 Å². The van der Waals surface area contributed by atoms with Gasteiger partial charge in [-0.05, 0) is 49.2 Å². The molecular weight excluding hydrogens is 268 g/mol. The zero-order chi connectivity index (χ0) is 15.8. The molecule has 2 rings (SSSR count). The van der Waals surface area contributed by atoms with Crippen molar-refractivity contribution in [1.29, 1.82) is 0 Å². The first-order valence-corrected chi connectivity index (χ1v) is 8.39. The summed E-state index contributed by atoms with van der Waals surface area (Å²) < 4.78 is 0. The molecule has 0 aromatic heterocycles. The Morgan fingerprint density at radius 2 is 2.05 bits per heavy atom. The molecule has 1 aromatic carbocycles. The van der Waals surface area contributed by atoms with E-state index < -0.39 is 0 Å². The van der Waals surface area contributed by atoms with Crippen molar-refractivity contribution in [3.05, 3.63) is 66.8 Å². The predicted molar refractivity (Wildman–Crippen MR) is 95.6 cm³/mol. The molecule has 2 unspecified atom stereocenters. The van der Waals surface area contributed by atoms with Crippen molar-refractivity contribution in [1.82, 2.24) is 0 Å². The molecule has 0 fully saturated rings. The molecule has 22 heavy (non-hydrogen) atoms. The van der Waals surface area contributed by atoms with Gasteiger partial charge in [0.15, 0.2) is 0 Å². The molecule has 2 atom stereocenters. The first-order chi connectivity index (χ1) is 10.7. The molecule has 0 aliphatic heterocycles. The van der Waals surface area contributed by atoms with E-state index in [4.69, 9.17) is 0 Å². The highest BCUT2D eigenvalue weighted by molar-refractivity contribution is 5.75. The Kier molecular flexibility index (Phi) is 6.21. The van der Waals surface area contributed by atoms with Crippen LogP contribution < -0.4 is 0 Å². The second-order valence-corrected chi connectivity index (χ2v) is 6.51. The molecule has 0 spiro atoms. The van der Waals surface area contributed by atoms with E-state index in [1.807, 2.05) is 13.0 Å². The van der Waals surface area contributed by atoms with Crippen molar-refractivity contribution in [2.45, 2.75) is 51.6 Å². The Balaban J connectivity index is 1.98. The van der Waals surface area contributed by atoms with Crippen molar-refractivity contribution in [3.63, 3.8) is 0 Å². The van der Waals surface area contributed by atoms with E-state index >= 15 is 0 Å². The Morgan fingerprint density at radius 3 is 2.64 bits per heavy atom. The molecule has 0 heterocycles. The van der Waals surface area contributed by atoms with Gasteiger partial charge in [0.05, 0.1) is 6.10 Å². The molecule has 1 aliphatic carbocycles. The van der Waals surface area contributed by atoms with Gasteiger partial charge in [-0.3, -0.25) is 0 Å². The number of benzene rings is 1. The van der Waals surface area contributed by atoms with E-state index in [-0.39, 0.29) is 11.5 Å². The minimum atomic E-state index is -0.179. The van der Waals surface area contributed by atoms with Gasteiger partial charge < -0.3 is 5.11 Å². The minimum absolute atomic E-state index is 0.179. The summed E-state index contributed by atoms with van der Waals surface area (Å²) in [5, 5.41) is 9.38. The number of hydrogen-bond acceptors (Lipinski definition) is 1.